The van der Waals surface area contributed by atoms with Crippen molar-refractivity contribution >= 4 is 7.12 Å². The van der Waals surface area contributed by atoms with Crippen molar-refractivity contribution in [3.8, 4) is 0 Å². The first kappa shape index (κ1) is 11.2. The van der Waals surface area contributed by atoms with Crippen molar-refractivity contribution in [1.82, 2.24) is 0 Å². The van der Waals surface area contributed by atoms with E-state index in [0.29, 0.717) is 6.61 Å². The molecule has 0 unspecified atom stereocenters. The van der Waals surface area contributed by atoms with E-state index < -0.39 is 0 Å². The van der Waals surface area contributed by atoms with Gasteiger partial charge in [-0.3, -0.25) is 0 Å². The maximum Gasteiger partial charge on any atom is 0.492 e. The monoisotopic (exact) mass is 210 g/mol. The molecule has 0 aromatic carbocycles. The maximum absolute atomic E-state index is 5.93. The highest BCUT2D eigenvalue weighted by Crippen LogP contribution is 2.38. The van der Waals surface area contributed by atoms with Crippen LogP contribution in [0.1, 0.15) is 34.1 Å². The van der Waals surface area contributed by atoms with Crippen molar-refractivity contribution < 1.29 is 14.0 Å². The summed E-state index contributed by atoms with van der Waals surface area (Å²) in [5.74, 6) is 0. The summed E-state index contributed by atoms with van der Waals surface area (Å²) >= 11 is 0. The maximum atomic E-state index is 5.93. The standard InChI is InChI=1S/C11H19BO3/c1-10(2)11(3,4)15-12(14-10)9-6-5-7-13-8-9/h6H,5,7-8H2,1-4H3. The molecule has 0 radical (unpaired) electrons. The second-order valence-electron chi connectivity index (χ2n) is 5.21. The van der Waals surface area contributed by atoms with E-state index in [1.165, 1.54) is 0 Å². The molecule has 0 atom stereocenters. The number of ether oxygens (including phenoxy) is 1. The first-order valence-electron chi connectivity index (χ1n) is 5.55. The van der Waals surface area contributed by atoms with Gasteiger partial charge in [-0.25, -0.2) is 0 Å². The second kappa shape index (κ2) is 3.61. The summed E-state index contributed by atoms with van der Waals surface area (Å²) in [4.78, 5) is 0. The molecule has 2 aliphatic heterocycles. The predicted molar refractivity (Wildman–Crippen MR) is 59.6 cm³/mol. The summed E-state index contributed by atoms with van der Waals surface area (Å²) in [6.45, 7) is 9.71. The molecule has 1 saturated heterocycles. The molecule has 0 N–H and O–H groups in total. The lowest BCUT2D eigenvalue weighted by Gasteiger charge is -2.32. The second-order valence-corrected chi connectivity index (χ2v) is 5.21. The SMILES string of the molecule is CC1(C)OB(C2=CCCOC2)OC1(C)C. The molecule has 0 saturated carbocycles. The van der Waals surface area contributed by atoms with Crippen molar-refractivity contribution in [2.45, 2.75) is 45.3 Å². The number of hydrogen-bond donors (Lipinski definition) is 0. The Morgan fingerprint density at radius 1 is 1.13 bits per heavy atom. The third-order valence-corrected chi connectivity index (χ3v) is 3.49. The molecule has 2 heterocycles. The minimum absolute atomic E-state index is 0.227. The van der Waals surface area contributed by atoms with E-state index in [-0.39, 0.29) is 18.3 Å². The van der Waals surface area contributed by atoms with Crippen molar-refractivity contribution in [1.29, 1.82) is 0 Å². The molecule has 0 aliphatic carbocycles. The largest absolute Gasteiger partial charge is 0.492 e. The van der Waals surface area contributed by atoms with Crippen LogP contribution in [0.15, 0.2) is 11.5 Å². The number of hydrogen-bond acceptors (Lipinski definition) is 3. The van der Waals surface area contributed by atoms with Gasteiger partial charge in [0, 0.05) is 0 Å². The molecular weight excluding hydrogens is 191 g/mol. The van der Waals surface area contributed by atoms with Crippen LogP contribution in [-0.4, -0.2) is 31.5 Å². The van der Waals surface area contributed by atoms with Gasteiger partial charge in [-0.2, -0.15) is 0 Å². The van der Waals surface area contributed by atoms with Crippen LogP contribution < -0.4 is 0 Å². The quantitative estimate of drug-likeness (QED) is 0.619. The lowest BCUT2D eigenvalue weighted by Crippen LogP contribution is -2.41. The highest BCUT2D eigenvalue weighted by Gasteiger charge is 2.52. The molecule has 15 heavy (non-hydrogen) atoms. The van der Waals surface area contributed by atoms with Gasteiger partial charge in [0.15, 0.2) is 0 Å². The fourth-order valence-corrected chi connectivity index (χ4v) is 1.74. The van der Waals surface area contributed by atoms with E-state index in [1.807, 2.05) is 0 Å². The normalized spacial score (nSPS) is 29.1. The smallest absolute Gasteiger partial charge is 0.400 e. The van der Waals surface area contributed by atoms with Gasteiger partial charge in [0.1, 0.15) is 0 Å². The summed E-state index contributed by atoms with van der Waals surface area (Å²) in [5, 5.41) is 0. The van der Waals surface area contributed by atoms with Crippen molar-refractivity contribution in [2.75, 3.05) is 13.2 Å². The van der Waals surface area contributed by atoms with E-state index in [9.17, 15) is 0 Å². The minimum atomic E-state index is -0.254. The topological polar surface area (TPSA) is 27.7 Å². The van der Waals surface area contributed by atoms with E-state index in [1.54, 1.807) is 0 Å². The molecule has 0 bridgehead atoms. The molecule has 1 fully saturated rings. The highest BCUT2D eigenvalue weighted by atomic mass is 16.7. The van der Waals surface area contributed by atoms with Crippen LogP contribution in [0.2, 0.25) is 0 Å². The fourth-order valence-electron chi connectivity index (χ4n) is 1.74. The van der Waals surface area contributed by atoms with Crippen LogP contribution in [0, 0.1) is 0 Å². The summed E-state index contributed by atoms with van der Waals surface area (Å²) in [7, 11) is -0.227. The zero-order valence-electron chi connectivity index (χ0n) is 10.0. The van der Waals surface area contributed by atoms with Crippen LogP contribution in [0.4, 0.5) is 0 Å². The Morgan fingerprint density at radius 3 is 2.20 bits per heavy atom. The van der Waals surface area contributed by atoms with Gasteiger partial charge in [-0.05, 0) is 39.6 Å². The van der Waals surface area contributed by atoms with E-state index in [2.05, 4.69) is 33.8 Å². The average Bonchev–Trinajstić information content (AvgIpc) is 2.38. The van der Waals surface area contributed by atoms with E-state index >= 15 is 0 Å². The molecule has 2 aliphatic rings. The van der Waals surface area contributed by atoms with Gasteiger partial charge in [0.25, 0.3) is 0 Å². The fraction of sp³-hybridized carbons (Fsp3) is 0.818. The lowest BCUT2D eigenvalue weighted by atomic mass is 9.77. The Balaban J connectivity index is 2.12. The zero-order valence-corrected chi connectivity index (χ0v) is 10.0. The molecule has 0 aromatic heterocycles. The highest BCUT2D eigenvalue weighted by molar-refractivity contribution is 6.54. The molecule has 3 nitrogen and oxygen atoms in total. The van der Waals surface area contributed by atoms with E-state index in [4.69, 9.17) is 14.0 Å². The summed E-state index contributed by atoms with van der Waals surface area (Å²) in [5.41, 5.74) is 0.617. The zero-order chi connectivity index (χ0) is 11.1. The van der Waals surface area contributed by atoms with Gasteiger partial charge in [-0.1, -0.05) is 6.08 Å². The summed E-state index contributed by atoms with van der Waals surface area (Å²) < 4.78 is 17.3. The molecule has 0 aromatic rings. The Labute approximate surface area is 91.9 Å². The first-order valence-corrected chi connectivity index (χ1v) is 5.55. The summed E-state index contributed by atoms with van der Waals surface area (Å²) in [6.07, 6.45) is 3.13. The van der Waals surface area contributed by atoms with E-state index in [0.717, 1.165) is 18.5 Å². The Bertz CT molecular complexity index is 268. The first-order chi connectivity index (χ1) is 6.92. The van der Waals surface area contributed by atoms with Crippen molar-refractivity contribution in [3.63, 3.8) is 0 Å². The third kappa shape index (κ3) is 1.98. The van der Waals surface area contributed by atoms with Crippen LogP contribution in [0.3, 0.4) is 0 Å². The minimum Gasteiger partial charge on any atom is -0.400 e. The molecule has 2 rings (SSSR count). The molecular formula is C11H19BO3. The van der Waals surface area contributed by atoms with Gasteiger partial charge in [0.05, 0.1) is 24.4 Å². The van der Waals surface area contributed by atoms with Gasteiger partial charge in [-0.15, -0.1) is 0 Å². The van der Waals surface area contributed by atoms with Gasteiger partial charge in [0.2, 0.25) is 0 Å². The third-order valence-electron chi connectivity index (χ3n) is 3.49. The number of rotatable bonds is 1. The molecule has 0 amide bonds. The van der Waals surface area contributed by atoms with Crippen LogP contribution in [-0.2, 0) is 14.0 Å². The Hall–Kier alpha value is -0.315. The average molecular weight is 210 g/mol. The van der Waals surface area contributed by atoms with Gasteiger partial charge < -0.3 is 14.0 Å². The molecule has 0 spiro atoms. The van der Waals surface area contributed by atoms with Crippen LogP contribution in [0.25, 0.3) is 0 Å². The van der Waals surface area contributed by atoms with Crippen LogP contribution >= 0.6 is 0 Å². The summed E-state index contributed by atoms with van der Waals surface area (Å²) in [6, 6.07) is 0. The van der Waals surface area contributed by atoms with Gasteiger partial charge >= 0.3 is 7.12 Å². The van der Waals surface area contributed by atoms with Crippen LogP contribution in [0.5, 0.6) is 0 Å². The lowest BCUT2D eigenvalue weighted by molar-refractivity contribution is 0.00578. The molecule has 84 valence electrons. The Morgan fingerprint density at radius 2 is 1.73 bits per heavy atom. The van der Waals surface area contributed by atoms with Crippen molar-refractivity contribution in [2.24, 2.45) is 0 Å². The molecule has 4 heteroatoms. The Kier molecular flexibility index (Phi) is 2.69. The predicted octanol–water partition coefficient (Wildman–Crippen LogP) is 1.96. The van der Waals surface area contributed by atoms with Crippen molar-refractivity contribution in [3.05, 3.63) is 11.5 Å².